The molecule has 146 valence electrons. The van der Waals surface area contributed by atoms with Gasteiger partial charge in [0.25, 0.3) is 5.56 Å². The van der Waals surface area contributed by atoms with Crippen LogP contribution in [0.15, 0.2) is 83.1 Å². The van der Waals surface area contributed by atoms with E-state index < -0.39 is 5.97 Å². The van der Waals surface area contributed by atoms with Crippen LogP contribution in [-0.2, 0) is 17.7 Å². The molecule has 0 radical (unpaired) electrons. The van der Waals surface area contributed by atoms with Crippen molar-refractivity contribution >= 4 is 5.97 Å². The van der Waals surface area contributed by atoms with Gasteiger partial charge >= 0.3 is 5.97 Å². The minimum Gasteiger partial charge on any atom is -0.465 e. The molecule has 2 heterocycles. The third-order valence-corrected chi connectivity index (χ3v) is 4.39. The molecule has 0 amide bonds. The third kappa shape index (κ3) is 5.91. The molecule has 0 fully saturated rings. The minimum absolute atomic E-state index is 0.0382. The van der Waals surface area contributed by atoms with Crippen molar-refractivity contribution in [2.45, 2.75) is 33.2 Å². The van der Waals surface area contributed by atoms with Crippen LogP contribution in [0.1, 0.15) is 36.2 Å². The maximum atomic E-state index is 12.0. The Labute approximate surface area is 165 Å². The van der Waals surface area contributed by atoms with E-state index in [2.05, 4.69) is 11.6 Å². The zero-order valence-corrected chi connectivity index (χ0v) is 16.6. The Morgan fingerprint density at radius 1 is 1.29 bits per heavy atom. The highest BCUT2D eigenvalue weighted by Gasteiger charge is 2.07. The van der Waals surface area contributed by atoms with Crippen molar-refractivity contribution in [1.82, 2.24) is 9.55 Å². The maximum Gasteiger partial charge on any atom is 0.339 e. The van der Waals surface area contributed by atoms with Crippen LogP contribution in [0.25, 0.3) is 0 Å². The molecule has 0 aliphatic carbocycles. The standard InChI is InChI=1S/C23H26N2O3/c1-5-18(3)20(16-25-11-7-6-8-22(25)26)10-9-17(2)12-19-13-21(15-24-14-19)23(27)28-4/h6-11,13-15H,3,5,12,16H2,1-2,4H3. The molecule has 28 heavy (non-hydrogen) atoms. The number of hydrogen-bond donors (Lipinski definition) is 0. The molecule has 0 aromatic carbocycles. The Hall–Kier alpha value is -3.21. The first kappa shape index (κ1) is 21.1. The van der Waals surface area contributed by atoms with Gasteiger partial charge in [-0.3, -0.25) is 9.78 Å². The van der Waals surface area contributed by atoms with Gasteiger partial charge in [-0.05, 0) is 43.0 Å². The van der Waals surface area contributed by atoms with E-state index in [9.17, 15) is 9.59 Å². The van der Waals surface area contributed by atoms with E-state index >= 15 is 0 Å². The molecule has 0 saturated heterocycles. The van der Waals surface area contributed by atoms with Crippen molar-refractivity contribution in [2.75, 3.05) is 7.11 Å². The summed E-state index contributed by atoms with van der Waals surface area (Å²) in [5.41, 5.74) is 4.44. The number of nitrogens with zero attached hydrogens (tertiary/aromatic N) is 2. The van der Waals surface area contributed by atoms with Gasteiger partial charge in [-0.15, -0.1) is 0 Å². The van der Waals surface area contributed by atoms with E-state index in [0.717, 1.165) is 28.7 Å². The first-order chi connectivity index (χ1) is 13.4. The second-order valence-electron chi connectivity index (χ2n) is 6.58. The topological polar surface area (TPSA) is 61.2 Å². The Balaban J connectivity index is 2.21. The van der Waals surface area contributed by atoms with Gasteiger partial charge in [0.1, 0.15) is 0 Å². The fraction of sp³-hybridized carbons (Fsp3) is 0.261. The third-order valence-electron chi connectivity index (χ3n) is 4.39. The number of hydrogen-bond acceptors (Lipinski definition) is 4. The lowest BCUT2D eigenvalue weighted by molar-refractivity contribution is 0.0600. The molecule has 0 unspecified atom stereocenters. The summed E-state index contributed by atoms with van der Waals surface area (Å²) in [7, 11) is 1.35. The lowest BCUT2D eigenvalue weighted by atomic mass is 10.0. The van der Waals surface area contributed by atoms with Crippen LogP contribution in [0.2, 0.25) is 0 Å². The Kier molecular flexibility index (Phi) is 7.69. The smallest absolute Gasteiger partial charge is 0.339 e. The van der Waals surface area contributed by atoms with Crippen molar-refractivity contribution in [2.24, 2.45) is 0 Å². The van der Waals surface area contributed by atoms with E-state index in [1.807, 2.05) is 32.1 Å². The average molecular weight is 378 g/mol. The van der Waals surface area contributed by atoms with Gasteiger partial charge in [-0.2, -0.15) is 0 Å². The molecule has 2 aromatic rings. The van der Waals surface area contributed by atoms with Gasteiger partial charge in [0, 0.05) is 24.7 Å². The first-order valence-corrected chi connectivity index (χ1v) is 9.16. The molecular formula is C23H26N2O3. The Morgan fingerprint density at radius 2 is 2.07 bits per heavy atom. The van der Waals surface area contributed by atoms with Crippen LogP contribution in [0.4, 0.5) is 0 Å². The molecule has 5 heteroatoms. The van der Waals surface area contributed by atoms with Crippen LogP contribution in [-0.4, -0.2) is 22.6 Å². The van der Waals surface area contributed by atoms with Crippen LogP contribution in [0.5, 0.6) is 0 Å². The van der Waals surface area contributed by atoms with Crippen molar-refractivity contribution < 1.29 is 9.53 Å². The van der Waals surface area contributed by atoms with Crippen LogP contribution in [0.3, 0.4) is 0 Å². The highest BCUT2D eigenvalue weighted by atomic mass is 16.5. The average Bonchev–Trinajstić information content (AvgIpc) is 2.71. The van der Waals surface area contributed by atoms with Crippen molar-refractivity contribution in [3.05, 3.63) is 99.8 Å². The monoisotopic (exact) mass is 378 g/mol. The zero-order valence-electron chi connectivity index (χ0n) is 16.6. The quantitative estimate of drug-likeness (QED) is 0.512. The predicted octanol–water partition coefficient (Wildman–Crippen LogP) is 4.11. The second-order valence-corrected chi connectivity index (χ2v) is 6.58. The molecule has 5 nitrogen and oxygen atoms in total. The highest BCUT2D eigenvalue weighted by Crippen LogP contribution is 2.16. The lowest BCUT2D eigenvalue weighted by Crippen LogP contribution is -2.19. The van der Waals surface area contributed by atoms with E-state index in [1.54, 1.807) is 35.2 Å². The number of pyridine rings is 2. The van der Waals surface area contributed by atoms with Gasteiger partial charge in [0.05, 0.1) is 19.2 Å². The fourth-order valence-corrected chi connectivity index (χ4v) is 2.72. The fourth-order valence-electron chi connectivity index (χ4n) is 2.72. The van der Waals surface area contributed by atoms with E-state index in [-0.39, 0.29) is 5.56 Å². The van der Waals surface area contributed by atoms with Crippen LogP contribution >= 0.6 is 0 Å². The molecule has 0 aliphatic rings. The number of carbonyl (C=O) groups excluding carboxylic acids is 1. The molecule has 0 saturated carbocycles. The summed E-state index contributed by atoms with van der Waals surface area (Å²) in [5.74, 6) is -0.397. The van der Waals surface area contributed by atoms with Gasteiger partial charge in [0.15, 0.2) is 0 Å². The molecule has 0 aliphatic heterocycles. The zero-order chi connectivity index (χ0) is 20.5. The summed E-state index contributed by atoms with van der Waals surface area (Å²) in [6, 6.07) is 6.91. The molecule has 0 N–H and O–H groups in total. The molecule has 2 rings (SSSR count). The minimum atomic E-state index is -0.397. The number of esters is 1. The molecule has 0 atom stereocenters. The molecule has 0 spiro atoms. The number of methoxy groups -OCH3 is 1. The number of allylic oxidation sites excluding steroid dienone is 5. The Bertz CT molecular complexity index is 968. The predicted molar refractivity (Wildman–Crippen MR) is 111 cm³/mol. The SMILES string of the molecule is C=C(CC)C(=CC=C(C)Cc1cncc(C(=O)OC)c1)Cn1ccccc1=O. The summed E-state index contributed by atoms with van der Waals surface area (Å²) in [6.45, 7) is 8.67. The number of rotatable bonds is 8. The van der Waals surface area contributed by atoms with Gasteiger partial charge in [-0.1, -0.05) is 42.9 Å². The van der Waals surface area contributed by atoms with Gasteiger partial charge < -0.3 is 9.30 Å². The van der Waals surface area contributed by atoms with Gasteiger partial charge in [-0.25, -0.2) is 4.79 Å². The van der Waals surface area contributed by atoms with Crippen LogP contribution < -0.4 is 5.56 Å². The largest absolute Gasteiger partial charge is 0.465 e. The Morgan fingerprint density at radius 3 is 2.75 bits per heavy atom. The summed E-state index contributed by atoms with van der Waals surface area (Å²) in [4.78, 5) is 27.8. The normalized spacial score (nSPS) is 12.0. The summed E-state index contributed by atoms with van der Waals surface area (Å²) in [6.07, 6.45) is 10.5. The summed E-state index contributed by atoms with van der Waals surface area (Å²) >= 11 is 0. The summed E-state index contributed by atoms with van der Waals surface area (Å²) < 4.78 is 6.41. The van der Waals surface area contributed by atoms with Crippen molar-refractivity contribution in [1.29, 1.82) is 0 Å². The second kappa shape index (κ2) is 10.2. The highest BCUT2D eigenvalue weighted by molar-refractivity contribution is 5.89. The van der Waals surface area contributed by atoms with Crippen molar-refractivity contribution in [3.63, 3.8) is 0 Å². The lowest BCUT2D eigenvalue weighted by Gasteiger charge is -2.11. The molecule has 2 aromatic heterocycles. The first-order valence-electron chi connectivity index (χ1n) is 9.16. The number of aromatic nitrogens is 2. The van der Waals surface area contributed by atoms with Crippen LogP contribution in [0, 0.1) is 0 Å². The number of ether oxygens (including phenoxy) is 1. The van der Waals surface area contributed by atoms with E-state index in [1.165, 1.54) is 13.3 Å². The molecular weight excluding hydrogens is 352 g/mol. The number of carbonyl (C=O) groups is 1. The van der Waals surface area contributed by atoms with E-state index in [4.69, 9.17) is 4.74 Å². The van der Waals surface area contributed by atoms with E-state index in [0.29, 0.717) is 18.5 Å². The molecule has 0 bridgehead atoms. The van der Waals surface area contributed by atoms with Gasteiger partial charge in [0.2, 0.25) is 0 Å². The van der Waals surface area contributed by atoms with Crippen molar-refractivity contribution in [3.8, 4) is 0 Å². The summed E-state index contributed by atoms with van der Waals surface area (Å²) in [5, 5.41) is 0. The maximum absolute atomic E-state index is 12.0.